The van der Waals surface area contributed by atoms with Gasteiger partial charge in [-0.15, -0.1) is 0 Å². The minimum absolute atomic E-state index is 0.0928. The van der Waals surface area contributed by atoms with Crippen LogP contribution in [-0.2, 0) is 11.3 Å². The van der Waals surface area contributed by atoms with Gasteiger partial charge in [0.25, 0.3) is 0 Å². The fourth-order valence-corrected chi connectivity index (χ4v) is 2.35. The van der Waals surface area contributed by atoms with Crippen LogP contribution in [0.3, 0.4) is 0 Å². The van der Waals surface area contributed by atoms with E-state index in [1.165, 1.54) is 0 Å². The van der Waals surface area contributed by atoms with Crippen molar-refractivity contribution < 1.29 is 9.53 Å². The molecule has 0 aliphatic carbocycles. The van der Waals surface area contributed by atoms with Crippen molar-refractivity contribution in [2.75, 3.05) is 14.2 Å². The molecule has 0 radical (unpaired) electrons. The molecule has 0 N–H and O–H groups in total. The molecule has 0 spiro atoms. The Kier molecular flexibility index (Phi) is 6.16. The van der Waals surface area contributed by atoms with Crippen LogP contribution in [0.4, 0.5) is 0 Å². The first-order valence-corrected chi connectivity index (χ1v) is 6.98. The van der Waals surface area contributed by atoms with Gasteiger partial charge in [-0.1, -0.05) is 25.4 Å². The summed E-state index contributed by atoms with van der Waals surface area (Å²) in [5.74, 6) is 1.02. The first kappa shape index (κ1) is 15.8. The van der Waals surface area contributed by atoms with E-state index in [1.54, 1.807) is 18.1 Å². The first-order chi connectivity index (χ1) is 9.03. The fraction of sp³-hybridized carbons (Fsp3) is 0.533. The third kappa shape index (κ3) is 4.13. The highest BCUT2D eigenvalue weighted by Crippen LogP contribution is 2.24. The molecule has 106 valence electrons. The third-order valence-corrected chi connectivity index (χ3v) is 3.60. The lowest BCUT2D eigenvalue weighted by Gasteiger charge is -2.23. The smallest absolute Gasteiger partial charge is 0.225 e. The summed E-state index contributed by atoms with van der Waals surface area (Å²) in [7, 11) is 3.44. The topological polar surface area (TPSA) is 29.5 Å². The van der Waals surface area contributed by atoms with E-state index in [2.05, 4.69) is 0 Å². The summed E-state index contributed by atoms with van der Waals surface area (Å²) in [6.07, 6.45) is 1.73. The van der Waals surface area contributed by atoms with Gasteiger partial charge in [0.2, 0.25) is 5.91 Å². The van der Waals surface area contributed by atoms with Crippen LogP contribution in [0, 0.1) is 5.92 Å². The predicted molar refractivity (Wildman–Crippen MR) is 78.6 cm³/mol. The molecule has 0 saturated heterocycles. The summed E-state index contributed by atoms with van der Waals surface area (Å²) < 4.78 is 5.30. The van der Waals surface area contributed by atoms with Gasteiger partial charge in [0, 0.05) is 30.1 Å². The van der Waals surface area contributed by atoms with Gasteiger partial charge in [0.05, 0.1) is 7.11 Å². The summed E-state index contributed by atoms with van der Waals surface area (Å²) in [5.41, 5.74) is 0.928. The van der Waals surface area contributed by atoms with E-state index in [4.69, 9.17) is 16.3 Å². The van der Waals surface area contributed by atoms with Crippen molar-refractivity contribution in [1.29, 1.82) is 0 Å². The molecular formula is C15H22ClNO2. The molecule has 19 heavy (non-hydrogen) atoms. The van der Waals surface area contributed by atoms with Crippen LogP contribution in [0.25, 0.3) is 0 Å². The average Bonchev–Trinajstić information content (AvgIpc) is 2.40. The molecule has 0 aliphatic rings. The monoisotopic (exact) mass is 283 g/mol. The molecule has 0 saturated carbocycles. The second kappa shape index (κ2) is 7.39. The van der Waals surface area contributed by atoms with Crippen LogP contribution in [0.5, 0.6) is 5.75 Å². The van der Waals surface area contributed by atoms with Gasteiger partial charge in [-0.2, -0.15) is 0 Å². The van der Waals surface area contributed by atoms with Gasteiger partial charge < -0.3 is 9.64 Å². The molecule has 0 heterocycles. The zero-order valence-corrected chi connectivity index (χ0v) is 12.8. The number of amides is 1. The molecule has 0 atom stereocenters. The molecule has 0 aromatic heterocycles. The van der Waals surface area contributed by atoms with E-state index in [1.807, 2.05) is 33.0 Å². The van der Waals surface area contributed by atoms with Gasteiger partial charge in [-0.3, -0.25) is 4.79 Å². The second-order valence-corrected chi connectivity index (χ2v) is 5.10. The largest absolute Gasteiger partial charge is 0.496 e. The zero-order valence-electron chi connectivity index (χ0n) is 12.1. The maximum absolute atomic E-state index is 12.2. The number of carbonyl (C=O) groups excluding carboxylic acids is 1. The Morgan fingerprint density at radius 1 is 1.37 bits per heavy atom. The van der Waals surface area contributed by atoms with Gasteiger partial charge in [-0.25, -0.2) is 0 Å². The number of hydrogen-bond acceptors (Lipinski definition) is 2. The minimum Gasteiger partial charge on any atom is -0.496 e. The molecule has 1 aromatic rings. The van der Waals surface area contributed by atoms with Gasteiger partial charge >= 0.3 is 0 Å². The Labute approximate surface area is 120 Å². The first-order valence-electron chi connectivity index (χ1n) is 6.60. The number of carbonyl (C=O) groups is 1. The third-order valence-electron chi connectivity index (χ3n) is 3.36. The zero-order chi connectivity index (χ0) is 14.4. The van der Waals surface area contributed by atoms with Crippen LogP contribution in [-0.4, -0.2) is 25.0 Å². The van der Waals surface area contributed by atoms with Crippen molar-refractivity contribution in [3.05, 3.63) is 28.8 Å². The van der Waals surface area contributed by atoms with E-state index < -0.39 is 0 Å². The Morgan fingerprint density at radius 2 is 2.00 bits per heavy atom. The van der Waals surface area contributed by atoms with Crippen LogP contribution in [0.2, 0.25) is 5.02 Å². The number of hydrogen-bond donors (Lipinski definition) is 0. The second-order valence-electron chi connectivity index (χ2n) is 4.66. The van der Waals surface area contributed by atoms with Crippen molar-refractivity contribution in [2.45, 2.75) is 33.2 Å². The Balaban J connectivity index is 2.84. The minimum atomic E-state index is 0.0928. The summed E-state index contributed by atoms with van der Waals surface area (Å²) in [6, 6.07) is 5.46. The predicted octanol–water partition coefficient (Wildman–Crippen LogP) is 3.74. The molecule has 0 fully saturated rings. The summed E-state index contributed by atoms with van der Waals surface area (Å²) in [4.78, 5) is 14.0. The van der Waals surface area contributed by atoms with E-state index in [0.29, 0.717) is 11.6 Å². The van der Waals surface area contributed by atoms with Crippen molar-refractivity contribution >= 4 is 17.5 Å². The summed E-state index contributed by atoms with van der Waals surface area (Å²) in [5, 5.41) is 0.652. The Morgan fingerprint density at radius 3 is 2.53 bits per heavy atom. The van der Waals surface area contributed by atoms with Gasteiger partial charge in [0.15, 0.2) is 0 Å². The molecule has 0 aliphatic heterocycles. The van der Waals surface area contributed by atoms with Gasteiger partial charge in [-0.05, 0) is 31.0 Å². The standard InChI is InChI=1S/C15H22ClNO2/c1-5-11(6-2)15(18)17(3)10-12-9-13(16)7-8-14(12)19-4/h7-9,11H,5-6,10H2,1-4H3. The van der Waals surface area contributed by atoms with Crippen LogP contribution >= 0.6 is 11.6 Å². The number of benzene rings is 1. The molecule has 0 unspecified atom stereocenters. The van der Waals surface area contributed by atoms with E-state index in [-0.39, 0.29) is 11.8 Å². The fourth-order valence-electron chi connectivity index (χ4n) is 2.15. The molecule has 1 amide bonds. The average molecular weight is 284 g/mol. The molecule has 1 aromatic carbocycles. The van der Waals surface area contributed by atoms with E-state index in [0.717, 1.165) is 24.2 Å². The SMILES string of the molecule is CCC(CC)C(=O)N(C)Cc1cc(Cl)ccc1OC. The summed E-state index contributed by atoms with van der Waals surface area (Å²) >= 11 is 5.99. The number of nitrogens with zero attached hydrogens (tertiary/aromatic N) is 1. The molecule has 3 nitrogen and oxygen atoms in total. The number of rotatable bonds is 6. The lowest BCUT2D eigenvalue weighted by molar-refractivity contribution is -0.134. The highest BCUT2D eigenvalue weighted by Gasteiger charge is 2.19. The van der Waals surface area contributed by atoms with Crippen molar-refractivity contribution in [3.8, 4) is 5.75 Å². The lowest BCUT2D eigenvalue weighted by atomic mass is 10.0. The van der Waals surface area contributed by atoms with Gasteiger partial charge in [0.1, 0.15) is 5.75 Å². The highest BCUT2D eigenvalue weighted by atomic mass is 35.5. The Bertz CT molecular complexity index is 430. The van der Waals surface area contributed by atoms with Crippen LogP contribution in [0.15, 0.2) is 18.2 Å². The summed E-state index contributed by atoms with van der Waals surface area (Å²) in [6.45, 7) is 4.60. The van der Waals surface area contributed by atoms with Crippen molar-refractivity contribution in [2.24, 2.45) is 5.92 Å². The maximum atomic E-state index is 12.2. The number of ether oxygens (including phenoxy) is 1. The van der Waals surface area contributed by atoms with Crippen molar-refractivity contribution in [3.63, 3.8) is 0 Å². The van der Waals surface area contributed by atoms with Crippen LogP contribution in [0.1, 0.15) is 32.3 Å². The van der Waals surface area contributed by atoms with E-state index >= 15 is 0 Å². The molecule has 4 heteroatoms. The quantitative estimate of drug-likeness (QED) is 0.796. The number of methoxy groups -OCH3 is 1. The van der Waals surface area contributed by atoms with Crippen LogP contribution < -0.4 is 4.74 Å². The molecule has 1 rings (SSSR count). The lowest BCUT2D eigenvalue weighted by Crippen LogP contribution is -2.32. The van der Waals surface area contributed by atoms with E-state index in [9.17, 15) is 4.79 Å². The van der Waals surface area contributed by atoms with Crippen molar-refractivity contribution in [1.82, 2.24) is 4.90 Å². The number of halogens is 1. The normalized spacial score (nSPS) is 10.6. The maximum Gasteiger partial charge on any atom is 0.225 e. The Hall–Kier alpha value is -1.22. The molecular weight excluding hydrogens is 262 g/mol. The highest BCUT2D eigenvalue weighted by molar-refractivity contribution is 6.30. The molecule has 0 bridgehead atoms.